The Kier molecular flexibility index (Phi) is 3.29. The molecule has 0 aliphatic heterocycles. The highest BCUT2D eigenvalue weighted by molar-refractivity contribution is 7.17. The molecule has 18 heavy (non-hydrogen) atoms. The van der Waals surface area contributed by atoms with Gasteiger partial charge in [0.15, 0.2) is 5.01 Å². The zero-order valence-electron chi connectivity index (χ0n) is 9.46. The summed E-state index contributed by atoms with van der Waals surface area (Å²) < 4.78 is 37.1. The molecule has 0 atom stereocenters. The predicted molar refractivity (Wildman–Crippen MR) is 64.3 cm³/mol. The number of nitrogens with zero attached hydrogens (tertiary/aromatic N) is 1. The molecule has 0 aliphatic carbocycles. The maximum Gasteiger partial charge on any atom is 0.443 e. The second-order valence-corrected chi connectivity index (χ2v) is 5.99. The van der Waals surface area contributed by atoms with Crippen LogP contribution in [-0.2, 0) is 6.18 Å². The van der Waals surface area contributed by atoms with Crippen LogP contribution in [0.15, 0.2) is 12.3 Å². The Labute approximate surface area is 109 Å². The number of aromatic nitrogens is 1. The van der Waals surface area contributed by atoms with Crippen LogP contribution in [0.4, 0.5) is 13.2 Å². The molecule has 7 heteroatoms. The predicted octanol–water partition coefficient (Wildman–Crippen LogP) is 4.07. The summed E-state index contributed by atoms with van der Waals surface area (Å²) in [7, 11) is 0. The number of hydrogen-bond donors (Lipinski definition) is 0. The van der Waals surface area contributed by atoms with Gasteiger partial charge in [-0.1, -0.05) is 0 Å². The summed E-state index contributed by atoms with van der Waals surface area (Å²) in [6.45, 7) is 3.72. The van der Waals surface area contributed by atoms with Crippen LogP contribution in [-0.4, -0.2) is 10.8 Å². The first-order valence-corrected chi connectivity index (χ1v) is 6.57. The van der Waals surface area contributed by atoms with Crippen molar-refractivity contribution in [2.45, 2.75) is 20.0 Å². The Hall–Kier alpha value is -1.21. The molecule has 0 saturated heterocycles. The third-order valence-corrected chi connectivity index (χ3v) is 4.55. The molecule has 0 fully saturated rings. The zero-order chi connectivity index (χ0) is 13.5. The molecule has 0 spiro atoms. The van der Waals surface area contributed by atoms with Crippen molar-refractivity contribution in [2.75, 3.05) is 0 Å². The third-order valence-electron chi connectivity index (χ3n) is 2.36. The van der Waals surface area contributed by atoms with E-state index in [1.165, 1.54) is 11.3 Å². The van der Waals surface area contributed by atoms with E-state index in [1.807, 2.05) is 13.8 Å². The fourth-order valence-electron chi connectivity index (χ4n) is 1.32. The average molecular weight is 291 g/mol. The monoisotopic (exact) mass is 291 g/mol. The number of hydrogen-bond acceptors (Lipinski definition) is 4. The van der Waals surface area contributed by atoms with Crippen molar-refractivity contribution < 1.29 is 18.0 Å². The number of rotatable bonds is 2. The van der Waals surface area contributed by atoms with E-state index in [4.69, 9.17) is 0 Å². The van der Waals surface area contributed by atoms with E-state index in [2.05, 4.69) is 4.98 Å². The molecule has 2 heterocycles. The second-order valence-electron chi connectivity index (χ2n) is 3.71. The Morgan fingerprint density at radius 2 is 1.89 bits per heavy atom. The van der Waals surface area contributed by atoms with Crippen LogP contribution in [0.1, 0.15) is 30.0 Å². The minimum absolute atomic E-state index is 0.0172. The number of halogens is 3. The first-order chi connectivity index (χ1) is 8.29. The number of carbonyl (C=O) groups excluding carboxylic acids is 1. The lowest BCUT2D eigenvalue weighted by Crippen LogP contribution is -2.03. The largest absolute Gasteiger partial charge is 0.443 e. The highest BCUT2D eigenvalue weighted by Gasteiger charge is 2.35. The molecule has 0 radical (unpaired) electrons. The molecule has 96 valence electrons. The van der Waals surface area contributed by atoms with E-state index in [-0.39, 0.29) is 4.88 Å². The lowest BCUT2D eigenvalue weighted by molar-refractivity contribution is -0.137. The Bertz CT molecular complexity index is 578. The summed E-state index contributed by atoms with van der Waals surface area (Å²) in [5.74, 6) is -0.399. The minimum atomic E-state index is -4.50. The van der Waals surface area contributed by atoms with Gasteiger partial charge in [0, 0.05) is 11.1 Å². The molecule has 0 unspecified atom stereocenters. The molecule has 2 aromatic heterocycles. The number of thiazole rings is 1. The highest BCUT2D eigenvalue weighted by atomic mass is 32.1. The van der Waals surface area contributed by atoms with E-state index in [0.29, 0.717) is 16.2 Å². The summed E-state index contributed by atoms with van der Waals surface area (Å²) in [4.78, 5) is 16.7. The number of carbonyl (C=O) groups is 1. The van der Waals surface area contributed by atoms with Gasteiger partial charge in [-0.3, -0.25) is 4.79 Å². The first kappa shape index (κ1) is 13.2. The van der Waals surface area contributed by atoms with Crippen LogP contribution in [0.25, 0.3) is 0 Å². The van der Waals surface area contributed by atoms with E-state index in [9.17, 15) is 18.0 Å². The molecule has 0 aromatic carbocycles. The quantitative estimate of drug-likeness (QED) is 0.781. The van der Waals surface area contributed by atoms with Gasteiger partial charge < -0.3 is 0 Å². The number of ketones is 1. The Morgan fingerprint density at radius 3 is 2.33 bits per heavy atom. The van der Waals surface area contributed by atoms with Gasteiger partial charge in [-0.25, -0.2) is 4.98 Å². The van der Waals surface area contributed by atoms with Crippen molar-refractivity contribution in [2.24, 2.45) is 0 Å². The van der Waals surface area contributed by atoms with Gasteiger partial charge in [0.25, 0.3) is 0 Å². The van der Waals surface area contributed by atoms with Gasteiger partial charge >= 0.3 is 6.18 Å². The van der Waals surface area contributed by atoms with Crippen LogP contribution in [0.3, 0.4) is 0 Å². The van der Waals surface area contributed by atoms with Crippen LogP contribution >= 0.6 is 22.7 Å². The zero-order valence-corrected chi connectivity index (χ0v) is 11.1. The van der Waals surface area contributed by atoms with Crippen LogP contribution in [0.5, 0.6) is 0 Å². The highest BCUT2D eigenvalue weighted by Crippen LogP contribution is 2.34. The summed E-state index contributed by atoms with van der Waals surface area (Å²) in [5, 5.41) is -0.990. The second kappa shape index (κ2) is 4.47. The molecular formula is C11H8F3NOS2. The van der Waals surface area contributed by atoms with Gasteiger partial charge in [0.05, 0.1) is 9.75 Å². The topological polar surface area (TPSA) is 30.0 Å². The van der Waals surface area contributed by atoms with Gasteiger partial charge in [0.1, 0.15) is 0 Å². The summed E-state index contributed by atoms with van der Waals surface area (Å²) in [6.07, 6.45) is -3.51. The number of alkyl halides is 3. The average Bonchev–Trinajstić information content (AvgIpc) is 2.85. The molecular weight excluding hydrogens is 283 g/mol. The molecule has 2 nitrogen and oxygen atoms in total. The third kappa shape index (κ3) is 2.46. The summed E-state index contributed by atoms with van der Waals surface area (Å²) in [5.41, 5.74) is 0.962. The van der Waals surface area contributed by atoms with Gasteiger partial charge in [-0.15, -0.1) is 22.7 Å². The van der Waals surface area contributed by atoms with Crippen molar-refractivity contribution in [1.29, 1.82) is 0 Å². The Balaban J connectivity index is 2.32. The standard InChI is InChI=1S/C11H8F3NOS2/c1-5-3-7(17-6(5)2)9(16)8-4-15-10(18-8)11(12,13)14/h3-4H,1-2H3. The smallest absolute Gasteiger partial charge is 0.287 e. The van der Waals surface area contributed by atoms with Gasteiger partial charge in [0.2, 0.25) is 5.78 Å². The van der Waals surface area contributed by atoms with Gasteiger partial charge in [-0.05, 0) is 25.5 Å². The van der Waals surface area contributed by atoms with Gasteiger partial charge in [-0.2, -0.15) is 13.2 Å². The molecule has 0 N–H and O–H groups in total. The molecule has 0 aliphatic rings. The fourth-order valence-corrected chi connectivity index (χ4v) is 3.11. The molecule has 0 bridgehead atoms. The summed E-state index contributed by atoms with van der Waals surface area (Å²) in [6, 6.07) is 1.69. The Morgan fingerprint density at radius 1 is 1.22 bits per heavy atom. The lowest BCUT2D eigenvalue weighted by atomic mass is 10.2. The van der Waals surface area contributed by atoms with E-state index in [1.54, 1.807) is 6.07 Å². The maximum absolute atomic E-state index is 12.4. The van der Waals surface area contributed by atoms with Crippen LogP contribution in [0, 0.1) is 13.8 Å². The normalized spacial score (nSPS) is 11.8. The SMILES string of the molecule is Cc1cc(C(=O)c2cnc(C(F)(F)F)s2)sc1C. The van der Waals surface area contributed by atoms with Crippen molar-refractivity contribution >= 4 is 28.5 Å². The van der Waals surface area contributed by atoms with Crippen LogP contribution < -0.4 is 0 Å². The molecule has 0 amide bonds. The number of aryl methyl sites for hydroxylation is 2. The van der Waals surface area contributed by atoms with Crippen LogP contribution in [0.2, 0.25) is 0 Å². The summed E-state index contributed by atoms with van der Waals surface area (Å²) >= 11 is 1.66. The van der Waals surface area contributed by atoms with Crippen molar-refractivity contribution in [3.63, 3.8) is 0 Å². The lowest BCUT2D eigenvalue weighted by Gasteiger charge is -1.98. The first-order valence-electron chi connectivity index (χ1n) is 4.94. The van der Waals surface area contributed by atoms with E-state index < -0.39 is 17.0 Å². The molecule has 2 aromatic rings. The fraction of sp³-hybridized carbons (Fsp3) is 0.273. The minimum Gasteiger partial charge on any atom is -0.287 e. The van der Waals surface area contributed by atoms with E-state index >= 15 is 0 Å². The maximum atomic E-state index is 12.4. The molecule has 2 rings (SSSR count). The van der Waals surface area contributed by atoms with Crippen molar-refractivity contribution in [3.05, 3.63) is 37.5 Å². The van der Waals surface area contributed by atoms with E-state index in [0.717, 1.165) is 16.6 Å². The number of thiophene rings is 1. The molecule has 0 saturated carbocycles. The van der Waals surface area contributed by atoms with Crippen molar-refractivity contribution in [1.82, 2.24) is 4.98 Å². The van der Waals surface area contributed by atoms with Crippen molar-refractivity contribution in [3.8, 4) is 0 Å².